The predicted octanol–water partition coefficient (Wildman–Crippen LogP) is 4.47. The number of esters is 1. The van der Waals surface area contributed by atoms with Crippen molar-refractivity contribution in [3.63, 3.8) is 0 Å². The van der Waals surface area contributed by atoms with Crippen molar-refractivity contribution >= 4 is 45.8 Å². The molecule has 0 aromatic heterocycles. The molecule has 1 N–H and O–H groups in total. The molecule has 2 aliphatic heterocycles. The summed E-state index contributed by atoms with van der Waals surface area (Å²) >= 11 is 1.30. The van der Waals surface area contributed by atoms with Gasteiger partial charge in [0, 0.05) is 0 Å². The Labute approximate surface area is 193 Å². The maximum Gasteiger partial charge on any atom is 0.343 e. The summed E-state index contributed by atoms with van der Waals surface area (Å²) in [5.41, 5.74) is 0.815. The molecule has 2 aromatic rings. The number of rotatable bonds is 6. The summed E-state index contributed by atoms with van der Waals surface area (Å²) in [7, 11) is 1.41. The lowest BCUT2D eigenvalue weighted by molar-refractivity contribution is -0.114. The highest BCUT2D eigenvalue weighted by molar-refractivity contribution is 8.26. The molecule has 168 valence electrons. The number of hydrogen-bond acceptors (Lipinski definition) is 7. The van der Waals surface area contributed by atoms with Crippen LogP contribution in [-0.2, 0) is 4.79 Å². The topological polar surface area (TPSA) is 104 Å². The number of nitrogens with zero attached hydrogens (tertiary/aromatic N) is 3. The number of amides is 1. The number of ether oxygens (including phenoxy) is 2. The number of carbonyl (C=O) groups excluding carboxylic acids is 2. The molecule has 10 heteroatoms. The number of hydrogen-bond donors (Lipinski definition) is 1. The number of fused-ring (bicyclic) bond motifs is 1. The highest BCUT2D eigenvalue weighted by Gasteiger charge is 2.35. The zero-order chi connectivity index (χ0) is 23.5. The summed E-state index contributed by atoms with van der Waals surface area (Å²) in [6.07, 6.45) is 3.15. The van der Waals surface area contributed by atoms with Crippen LogP contribution in [-0.4, -0.2) is 40.0 Å². The molecule has 1 amide bonds. The predicted molar refractivity (Wildman–Crippen MR) is 124 cm³/mol. The number of halogens is 1. The van der Waals surface area contributed by atoms with Gasteiger partial charge in [-0.05, 0) is 72.6 Å². The van der Waals surface area contributed by atoms with Crippen molar-refractivity contribution in [2.45, 2.75) is 19.8 Å². The van der Waals surface area contributed by atoms with Crippen LogP contribution in [0.25, 0.3) is 6.08 Å². The van der Waals surface area contributed by atoms with Crippen molar-refractivity contribution in [2.24, 2.45) is 10.1 Å². The van der Waals surface area contributed by atoms with E-state index < -0.39 is 17.7 Å². The van der Waals surface area contributed by atoms with Gasteiger partial charge >= 0.3 is 5.97 Å². The van der Waals surface area contributed by atoms with Gasteiger partial charge in [-0.2, -0.15) is 15.1 Å². The Bertz CT molecular complexity index is 1240. The van der Waals surface area contributed by atoms with Crippen LogP contribution < -0.4 is 9.47 Å². The van der Waals surface area contributed by atoms with E-state index in [1.807, 2.05) is 6.92 Å². The van der Waals surface area contributed by atoms with E-state index in [0.717, 1.165) is 17.9 Å². The van der Waals surface area contributed by atoms with Gasteiger partial charge in [0.05, 0.1) is 18.2 Å². The SMILES string of the molecule is CCCC1=NN2C(=N)/C(=C\c3ccc(OC(=O)c4ccc(F)cc4)c(OC)c3)C(=O)N=C2S1. The molecule has 0 bridgehead atoms. The lowest BCUT2D eigenvalue weighted by Crippen LogP contribution is -2.35. The monoisotopic (exact) mass is 466 g/mol. The van der Waals surface area contributed by atoms with Gasteiger partial charge < -0.3 is 9.47 Å². The van der Waals surface area contributed by atoms with Gasteiger partial charge in [-0.3, -0.25) is 10.2 Å². The molecule has 8 nitrogen and oxygen atoms in total. The molecule has 2 aliphatic rings. The van der Waals surface area contributed by atoms with E-state index in [2.05, 4.69) is 10.1 Å². The van der Waals surface area contributed by atoms with Crippen molar-refractivity contribution in [3.8, 4) is 11.5 Å². The maximum atomic E-state index is 13.1. The van der Waals surface area contributed by atoms with E-state index >= 15 is 0 Å². The van der Waals surface area contributed by atoms with Gasteiger partial charge in [-0.15, -0.1) is 0 Å². The van der Waals surface area contributed by atoms with Crippen molar-refractivity contribution < 1.29 is 23.5 Å². The van der Waals surface area contributed by atoms with Gasteiger partial charge in [0.2, 0.25) is 5.17 Å². The molecule has 2 aromatic carbocycles. The van der Waals surface area contributed by atoms with Crippen LogP contribution in [0.4, 0.5) is 4.39 Å². The number of hydrazone groups is 1. The molecule has 0 spiro atoms. The molecule has 0 atom stereocenters. The highest BCUT2D eigenvalue weighted by Crippen LogP contribution is 2.32. The number of amidine groups is 2. The average Bonchev–Trinajstić information content (AvgIpc) is 3.20. The minimum Gasteiger partial charge on any atom is -0.493 e. The first-order chi connectivity index (χ1) is 15.9. The number of thioether (sulfide) groups is 1. The van der Waals surface area contributed by atoms with E-state index in [4.69, 9.17) is 14.9 Å². The summed E-state index contributed by atoms with van der Waals surface area (Å²) in [4.78, 5) is 28.9. The van der Waals surface area contributed by atoms with Gasteiger partial charge in [0.1, 0.15) is 10.9 Å². The zero-order valence-corrected chi connectivity index (χ0v) is 18.6. The van der Waals surface area contributed by atoms with Crippen LogP contribution >= 0.6 is 11.8 Å². The Balaban J connectivity index is 1.57. The third-order valence-electron chi connectivity index (χ3n) is 4.74. The lowest BCUT2D eigenvalue weighted by Gasteiger charge is -2.20. The maximum absolute atomic E-state index is 13.1. The Morgan fingerprint density at radius 2 is 1.97 bits per heavy atom. The minimum absolute atomic E-state index is 0.0608. The second-order valence-corrected chi connectivity index (χ2v) is 8.11. The van der Waals surface area contributed by atoms with E-state index in [-0.39, 0.29) is 28.5 Å². The lowest BCUT2D eigenvalue weighted by atomic mass is 10.1. The smallest absolute Gasteiger partial charge is 0.343 e. The van der Waals surface area contributed by atoms with Crippen molar-refractivity contribution in [3.05, 3.63) is 65.0 Å². The Kier molecular flexibility index (Phi) is 6.36. The fourth-order valence-electron chi connectivity index (χ4n) is 3.12. The third-order valence-corrected chi connectivity index (χ3v) is 5.71. The van der Waals surface area contributed by atoms with Crippen LogP contribution in [0.3, 0.4) is 0 Å². The molecule has 33 heavy (non-hydrogen) atoms. The Morgan fingerprint density at radius 1 is 1.21 bits per heavy atom. The normalized spacial score (nSPS) is 16.5. The Hall–Kier alpha value is -3.79. The third kappa shape index (κ3) is 4.70. The number of methoxy groups -OCH3 is 1. The standard InChI is InChI=1S/C23H19FN4O4S/c1-3-4-19-27-28-20(25)16(21(29)26-23(28)33-19)11-13-5-10-17(18(12-13)31-2)32-22(30)14-6-8-15(24)9-7-14/h5-12,25H,3-4H2,1-2H3/b16-11+,25-20?. The van der Waals surface area contributed by atoms with E-state index in [9.17, 15) is 14.0 Å². The van der Waals surface area contributed by atoms with Gasteiger partial charge in [0.25, 0.3) is 5.91 Å². The molecular weight excluding hydrogens is 447 g/mol. The van der Waals surface area contributed by atoms with E-state index in [0.29, 0.717) is 10.7 Å². The minimum atomic E-state index is -0.669. The highest BCUT2D eigenvalue weighted by atomic mass is 32.2. The largest absolute Gasteiger partial charge is 0.493 e. The van der Waals surface area contributed by atoms with Crippen molar-refractivity contribution in [1.82, 2.24) is 5.01 Å². The van der Waals surface area contributed by atoms with Crippen LogP contribution in [0, 0.1) is 11.2 Å². The second kappa shape index (κ2) is 9.37. The van der Waals surface area contributed by atoms with Crippen molar-refractivity contribution in [2.75, 3.05) is 7.11 Å². The first-order valence-electron chi connectivity index (χ1n) is 10.0. The summed E-state index contributed by atoms with van der Waals surface area (Å²) in [6.45, 7) is 2.03. The summed E-state index contributed by atoms with van der Waals surface area (Å²) in [6, 6.07) is 9.69. The molecular formula is C23H19FN4O4S. The summed E-state index contributed by atoms with van der Waals surface area (Å²) in [5, 5.41) is 15.4. The first kappa shape index (κ1) is 22.4. The van der Waals surface area contributed by atoms with Gasteiger partial charge in [-0.1, -0.05) is 13.0 Å². The quantitative estimate of drug-likeness (QED) is 0.383. The van der Waals surface area contributed by atoms with E-state index in [1.54, 1.807) is 12.1 Å². The number of benzene rings is 2. The van der Waals surface area contributed by atoms with Crippen molar-refractivity contribution in [1.29, 1.82) is 5.41 Å². The number of aliphatic imine (C=N–C) groups is 1. The van der Waals surface area contributed by atoms with Crippen LogP contribution in [0.15, 0.2) is 58.1 Å². The summed E-state index contributed by atoms with van der Waals surface area (Å²) in [5.74, 6) is -1.31. The molecule has 0 unspecified atom stereocenters. The van der Waals surface area contributed by atoms with E-state index in [1.165, 1.54) is 60.3 Å². The average molecular weight is 466 g/mol. The zero-order valence-electron chi connectivity index (χ0n) is 17.8. The first-order valence-corrected chi connectivity index (χ1v) is 10.9. The van der Waals surface area contributed by atoms with Gasteiger partial charge in [-0.25, -0.2) is 9.18 Å². The van der Waals surface area contributed by atoms with Crippen LogP contribution in [0.2, 0.25) is 0 Å². The molecule has 4 rings (SSSR count). The molecule has 0 radical (unpaired) electrons. The summed E-state index contributed by atoms with van der Waals surface area (Å²) < 4.78 is 23.8. The fourth-order valence-corrected chi connectivity index (χ4v) is 4.10. The number of carbonyl (C=O) groups is 2. The number of nitrogens with one attached hydrogen (secondary N) is 1. The van der Waals surface area contributed by atoms with Crippen LogP contribution in [0.5, 0.6) is 11.5 Å². The molecule has 0 fully saturated rings. The Morgan fingerprint density at radius 3 is 2.67 bits per heavy atom. The molecule has 0 aliphatic carbocycles. The molecule has 0 saturated carbocycles. The van der Waals surface area contributed by atoms with Crippen LogP contribution in [0.1, 0.15) is 35.7 Å². The second-order valence-electron chi connectivity index (χ2n) is 7.07. The fraction of sp³-hybridized carbons (Fsp3) is 0.174. The molecule has 0 saturated heterocycles. The molecule has 2 heterocycles. The van der Waals surface area contributed by atoms with Gasteiger partial charge in [0.15, 0.2) is 17.3 Å².